The Morgan fingerprint density at radius 2 is 0.917 bits per heavy atom. The lowest BCUT2D eigenvalue weighted by Gasteiger charge is -1.75. The van der Waals surface area contributed by atoms with E-state index in [0.29, 0.717) is 0 Å². The molecule has 0 aromatic carbocycles. The average Bonchev–Trinajstić information content (AvgIpc) is 2.05. The zero-order valence-electron chi connectivity index (χ0n) is 6.41. The molecule has 0 aromatic heterocycles. The van der Waals surface area contributed by atoms with E-state index in [1.807, 2.05) is 24.3 Å². The normalized spacial score (nSPS) is 21.3. The highest BCUT2D eigenvalue weighted by molar-refractivity contribution is 5.14. The molecule has 0 saturated heterocycles. The molecule has 1 heterocycles. The van der Waals surface area contributed by atoms with Crippen LogP contribution >= 0.6 is 0 Å². The first kappa shape index (κ1) is 8.26. The Labute approximate surface area is 70.4 Å². The van der Waals surface area contributed by atoms with E-state index in [9.17, 15) is 0 Å². The maximum Gasteiger partial charge on any atom is 0.0514 e. The summed E-state index contributed by atoms with van der Waals surface area (Å²) in [5, 5.41) is 13.9. The molecule has 0 unspecified atom stereocenters. The largest absolute Gasteiger partial charge is 0.137 e. The van der Waals surface area contributed by atoms with Crippen molar-refractivity contribution in [3.63, 3.8) is 0 Å². The van der Waals surface area contributed by atoms with E-state index in [-0.39, 0.29) is 0 Å². The van der Waals surface area contributed by atoms with Crippen molar-refractivity contribution in [3.05, 3.63) is 48.9 Å². The second-order valence-corrected chi connectivity index (χ2v) is 1.86. The summed E-state index contributed by atoms with van der Waals surface area (Å²) in [5.74, 6) is 0. The molecule has 1 rings (SSSR count). The molecule has 0 fully saturated rings. The molecule has 4 nitrogen and oxygen atoms in total. The quantitative estimate of drug-likeness (QED) is 0.523. The Bertz CT molecular complexity index is 180. The fourth-order valence-corrected chi connectivity index (χ4v) is 0.539. The van der Waals surface area contributed by atoms with E-state index >= 15 is 0 Å². The molecule has 4 heteroatoms. The van der Waals surface area contributed by atoms with Gasteiger partial charge >= 0.3 is 0 Å². The first-order chi connectivity index (χ1) is 6.00. The third-order valence-electron chi connectivity index (χ3n) is 1.00. The lowest BCUT2D eigenvalue weighted by Crippen LogP contribution is -1.54. The molecular formula is C8H8N4. The van der Waals surface area contributed by atoms with Gasteiger partial charge in [0.15, 0.2) is 0 Å². The minimum atomic E-state index is 1.54. The number of allylic oxidation sites excluding steroid dienone is 6. The second kappa shape index (κ2) is 5.91. The first-order valence-corrected chi connectivity index (χ1v) is 3.45. The first-order valence-electron chi connectivity index (χ1n) is 3.45. The van der Waals surface area contributed by atoms with Crippen molar-refractivity contribution in [2.24, 2.45) is 20.7 Å². The van der Waals surface area contributed by atoms with Gasteiger partial charge in [-0.1, -0.05) is 24.3 Å². The zero-order chi connectivity index (χ0) is 8.49. The van der Waals surface area contributed by atoms with Crippen LogP contribution in [0.25, 0.3) is 0 Å². The van der Waals surface area contributed by atoms with Gasteiger partial charge in [0.2, 0.25) is 0 Å². The number of nitrogens with zero attached hydrogens (tertiary/aromatic N) is 4. The van der Waals surface area contributed by atoms with Gasteiger partial charge in [-0.3, -0.25) is 0 Å². The van der Waals surface area contributed by atoms with Crippen LogP contribution < -0.4 is 0 Å². The van der Waals surface area contributed by atoms with Crippen molar-refractivity contribution in [2.75, 3.05) is 0 Å². The topological polar surface area (TPSA) is 49.4 Å². The fourth-order valence-electron chi connectivity index (χ4n) is 0.539. The van der Waals surface area contributed by atoms with Crippen LogP contribution in [0.1, 0.15) is 0 Å². The van der Waals surface area contributed by atoms with Crippen LogP contribution in [0.4, 0.5) is 0 Å². The van der Waals surface area contributed by atoms with Crippen LogP contribution in [0.5, 0.6) is 0 Å². The van der Waals surface area contributed by atoms with Gasteiger partial charge in [0.1, 0.15) is 0 Å². The van der Waals surface area contributed by atoms with Gasteiger partial charge in [0.05, 0.1) is 12.4 Å². The van der Waals surface area contributed by atoms with Crippen LogP contribution in [0.3, 0.4) is 0 Å². The lowest BCUT2D eigenvalue weighted by molar-refractivity contribution is 0.951. The fraction of sp³-hybridized carbons (Fsp3) is 0. The monoisotopic (exact) mass is 160 g/mol. The van der Waals surface area contributed by atoms with E-state index in [4.69, 9.17) is 0 Å². The molecule has 0 aliphatic carbocycles. The zero-order valence-corrected chi connectivity index (χ0v) is 6.41. The van der Waals surface area contributed by atoms with Crippen LogP contribution in [0.15, 0.2) is 69.5 Å². The Morgan fingerprint density at radius 1 is 0.500 bits per heavy atom. The highest BCUT2D eigenvalue weighted by Crippen LogP contribution is 1.88. The summed E-state index contributed by atoms with van der Waals surface area (Å²) in [6.07, 6.45) is 14.1. The van der Waals surface area contributed by atoms with E-state index in [0.717, 1.165) is 0 Å². The highest BCUT2D eigenvalue weighted by atomic mass is 15.4. The van der Waals surface area contributed by atoms with Crippen molar-refractivity contribution in [1.29, 1.82) is 0 Å². The van der Waals surface area contributed by atoms with Crippen LogP contribution in [-0.4, -0.2) is 0 Å². The standard InChI is InChI=1S/C8H8N4/c1-2-4-6-8-10-12-11-9-7-5-3-1/h1-8H/b2-1?,3-1?,4-2?,5-3?,6-4?,7-5+,8-6+,9-7?,10-8?,11-9?,12-10?,12-11?. The Balaban J connectivity index is 2.67. The van der Waals surface area contributed by atoms with Crippen molar-refractivity contribution in [1.82, 2.24) is 0 Å². The minimum Gasteiger partial charge on any atom is -0.137 e. The summed E-state index contributed by atoms with van der Waals surface area (Å²) in [6.45, 7) is 0. The van der Waals surface area contributed by atoms with E-state index in [1.54, 1.807) is 12.2 Å². The van der Waals surface area contributed by atoms with Gasteiger partial charge in [-0.15, -0.1) is 10.2 Å². The van der Waals surface area contributed by atoms with Gasteiger partial charge in [0.25, 0.3) is 0 Å². The molecule has 0 bridgehead atoms. The third kappa shape index (κ3) is 4.05. The van der Waals surface area contributed by atoms with Gasteiger partial charge < -0.3 is 0 Å². The Morgan fingerprint density at radius 3 is 1.42 bits per heavy atom. The van der Waals surface area contributed by atoms with Gasteiger partial charge in [0, 0.05) is 0 Å². The molecule has 0 N–H and O–H groups in total. The van der Waals surface area contributed by atoms with Gasteiger partial charge in [-0.05, 0) is 22.6 Å². The van der Waals surface area contributed by atoms with Crippen molar-refractivity contribution >= 4 is 0 Å². The average molecular weight is 160 g/mol. The van der Waals surface area contributed by atoms with Gasteiger partial charge in [-0.2, -0.15) is 0 Å². The molecule has 0 saturated carbocycles. The Hall–Kier alpha value is -1.84. The third-order valence-corrected chi connectivity index (χ3v) is 1.00. The molecular weight excluding hydrogens is 152 g/mol. The van der Waals surface area contributed by atoms with Crippen LogP contribution in [-0.2, 0) is 0 Å². The minimum absolute atomic E-state index is 1.54. The molecule has 0 radical (unpaired) electrons. The van der Waals surface area contributed by atoms with Gasteiger partial charge in [-0.25, -0.2) is 0 Å². The smallest absolute Gasteiger partial charge is 0.0514 e. The molecule has 0 spiro atoms. The van der Waals surface area contributed by atoms with Crippen molar-refractivity contribution < 1.29 is 0 Å². The number of hydrogen-bond acceptors (Lipinski definition) is 4. The lowest BCUT2D eigenvalue weighted by atomic mass is 10.4. The predicted octanol–water partition coefficient (Wildman–Crippen LogP) is 2.96. The molecule has 0 aromatic rings. The maximum atomic E-state index is 3.58. The summed E-state index contributed by atoms with van der Waals surface area (Å²) >= 11 is 0. The highest BCUT2D eigenvalue weighted by Gasteiger charge is 1.67. The summed E-state index contributed by atoms with van der Waals surface area (Å²) in [5.41, 5.74) is 0. The summed E-state index contributed by atoms with van der Waals surface area (Å²) in [6, 6.07) is 0. The second-order valence-electron chi connectivity index (χ2n) is 1.86. The maximum absolute atomic E-state index is 3.58. The van der Waals surface area contributed by atoms with Crippen LogP contribution in [0, 0.1) is 0 Å². The van der Waals surface area contributed by atoms with E-state index in [2.05, 4.69) is 20.7 Å². The number of hydrogen-bond donors (Lipinski definition) is 0. The Kier molecular flexibility index (Phi) is 4.07. The molecule has 0 atom stereocenters. The molecule has 12 heavy (non-hydrogen) atoms. The van der Waals surface area contributed by atoms with E-state index in [1.165, 1.54) is 12.4 Å². The summed E-state index contributed by atoms with van der Waals surface area (Å²) < 4.78 is 0. The molecule has 1 aliphatic heterocycles. The SMILES string of the molecule is C1=C/C=C/N=NN=N/C=C/C=C1. The van der Waals surface area contributed by atoms with E-state index < -0.39 is 0 Å². The molecule has 60 valence electrons. The van der Waals surface area contributed by atoms with Crippen molar-refractivity contribution in [2.45, 2.75) is 0 Å². The molecule has 0 amide bonds. The van der Waals surface area contributed by atoms with Crippen molar-refractivity contribution in [3.8, 4) is 0 Å². The molecule has 1 aliphatic rings. The predicted molar refractivity (Wildman–Crippen MR) is 46.3 cm³/mol. The summed E-state index contributed by atoms with van der Waals surface area (Å²) in [4.78, 5) is 0. The van der Waals surface area contributed by atoms with Crippen LogP contribution in [0.2, 0.25) is 0 Å². The summed E-state index contributed by atoms with van der Waals surface area (Å²) in [7, 11) is 0. The number of rotatable bonds is 0.